The van der Waals surface area contributed by atoms with Crippen LogP contribution in [0, 0.1) is 0 Å². The summed E-state index contributed by atoms with van der Waals surface area (Å²) < 4.78 is 4.90. The van der Waals surface area contributed by atoms with Crippen LogP contribution in [0.1, 0.15) is 17.4 Å². The number of carbonyl (C=O) groups is 2. The Hall–Kier alpha value is -1.95. The summed E-state index contributed by atoms with van der Waals surface area (Å²) in [6.45, 7) is 2.17. The van der Waals surface area contributed by atoms with Crippen molar-refractivity contribution >= 4 is 17.6 Å². The molecule has 1 heterocycles. The number of carboxylic acid groups (broad SMARTS) is 1. The molecule has 0 aliphatic rings. The Balaban J connectivity index is 2.63. The fourth-order valence-corrected chi connectivity index (χ4v) is 1.02. The Labute approximate surface area is 92.3 Å². The van der Waals surface area contributed by atoms with Crippen molar-refractivity contribution in [3.63, 3.8) is 0 Å². The summed E-state index contributed by atoms with van der Waals surface area (Å²) in [5.74, 6) is -1.47. The van der Waals surface area contributed by atoms with Gasteiger partial charge in [-0.15, -0.1) is 0 Å². The molecule has 6 nitrogen and oxygen atoms in total. The monoisotopic (exact) mass is 224 g/mol. The van der Waals surface area contributed by atoms with Crippen molar-refractivity contribution < 1.29 is 19.4 Å². The van der Waals surface area contributed by atoms with Crippen LogP contribution in [-0.4, -0.2) is 35.2 Å². The minimum absolute atomic E-state index is 0.0543. The molecule has 0 radical (unpaired) electrons. The van der Waals surface area contributed by atoms with Gasteiger partial charge in [0.2, 0.25) is 5.91 Å². The highest BCUT2D eigenvalue weighted by Crippen LogP contribution is 2.07. The largest absolute Gasteiger partial charge is 0.477 e. The predicted octanol–water partition coefficient (Wildman–Crippen LogP) is 0.755. The molecule has 86 valence electrons. The Morgan fingerprint density at radius 1 is 1.56 bits per heavy atom. The SMILES string of the molecule is CCOCC(=O)Nc1ccnc(C(=O)O)c1. The maximum atomic E-state index is 11.2. The van der Waals surface area contributed by atoms with Crippen molar-refractivity contribution in [1.29, 1.82) is 0 Å². The van der Waals surface area contributed by atoms with Gasteiger partial charge in [-0.1, -0.05) is 0 Å². The number of pyridine rings is 1. The number of hydrogen-bond acceptors (Lipinski definition) is 4. The molecule has 0 bridgehead atoms. The molecule has 1 aromatic heterocycles. The van der Waals surface area contributed by atoms with Gasteiger partial charge >= 0.3 is 5.97 Å². The molecule has 1 rings (SSSR count). The van der Waals surface area contributed by atoms with E-state index < -0.39 is 5.97 Å². The van der Waals surface area contributed by atoms with Crippen LogP contribution in [0.4, 0.5) is 5.69 Å². The molecule has 1 amide bonds. The Morgan fingerprint density at radius 3 is 2.94 bits per heavy atom. The molecule has 0 saturated carbocycles. The summed E-state index contributed by atoms with van der Waals surface area (Å²) in [6, 6.07) is 2.79. The average Bonchev–Trinajstić information content (AvgIpc) is 2.26. The molecule has 2 N–H and O–H groups in total. The molecule has 1 aromatic rings. The van der Waals surface area contributed by atoms with Crippen molar-refractivity contribution in [2.24, 2.45) is 0 Å². The predicted molar refractivity (Wildman–Crippen MR) is 56.3 cm³/mol. The maximum absolute atomic E-state index is 11.2. The van der Waals surface area contributed by atoms with E-state index in [1.54, 1.807) is 6.92 Å². The van der Waals surface area contributed by atoms with Gasteiger partial charge in [0.15, 0.2) is 0 Å². The number of nitrogens with zero attached hydrogens (tertiary/aromatic N) is 1. The minimum atomic E-state index is -1.14. The number of aromatic nitrogens is 1. The number of ether oxygens (including phenoxy) is 1. The third kappa shape index (κ3) is 3.66. The third-order valence-electron chi connectivity index (χ3n) is 1.70. The van der Waals surface area contributed by atoms with Crippen molar-refractivity contribution in [2.75, 3.05) is 18.5 Å². The lowest BCUT2D eigenvalue weighted by molar-refractivity contribution is -0.120. The van der Waals surface area contributed by atoms with E-state index in [2.05, 4.69) is 10.3 Å². The number of anilines is 1. The van der Waals surface area contributed by atoms with Gasteiger partial charge in [-0.3, -0.25) is 4.79 Å². The van der Waals surface area contributed by atoms with Crippen LogP contribution in [0.3, 0.4) is 0 Å². The quantitative estimate of drug-likeness (QED) is 0.770. The lowest BCUT2D eigenvalue weighted by Gasteiger charge is -2.05. The zero-order valence-electron chi connectivity index (χ0n) is 8.77. The second-order valence-corrected chi connectivity index (χ2v) is 2.92. The summed E-state index contributed by atoms with van der Waals surface area (Å²) >= 11 is 0. The topological polar surface area (TPSA) is 88.5 Å². The molecule has 6 heteroatoms. The standard InChI is InChI=1S/C10H12N2O4/c1-2-16-6-9(13)12-7-3-4-11-8(5-7)10(14)15/h3-5H,2,6H2,1H3,(H,14,15)(H,11,12,13). The van der Waals surface area contributed by atoms with E-state index in [-0.39, 0.29) is 18.2 Å². The summed E-state index contributed by atoms with van der Waals surface area (Å²) in [5.41, 5.74) is 0.270. The van der Waals surface area contributed by atoms with E-state index in [1.807, 2.05) is 0 Å². The van der Waals surface area contributed by atoms with Gasteiger partial charge in [0.1, 0.15) is 12.3 Å². The summed E-state index contributed by atoms with van der Waals surface area (Å²) in [4.78, 5) is 25.5. The highest BCUT2D eigenvalue weighted by atomic mass is 16.5. The van der Waals surface area contributed by atoms with Crippen LogP contribution in [0.2, 0.25) is 0 Å². The number of carbonyl (C=O) groups excluding carboxylic acids is 1. The molecule has 0 aliphatic carbocycles. The molecular weight excluding hydrogens is 212 g/mol. The third-order valence-corrected chi connectivity index (χ3v) is 1.70. The van der Waals surface area contributed by atoms with Gasteiger partial charge in [-0.2, -0.15) is 0 Å². The zero-order valence-corrected chi connectivity index (χ0v) is 8.77. The first-order valence-corrected chi connectivity index (χ1v) is 4.70. The van der Waals surface area contributed by atoms with Crippen LogP contribution in [0.5, 0.6) is 0 Å². The molecule has 0 aromatic carbocycles. The zero-order chi connectivity index (χ0) is 12.0. The molecule has 0 atom stereocenters. The lowest BCUT2D eigenvalue weighted by Crippen LogP contribution is -2.18. The number of hydrogen-bond donors (Lipinski definition) is 2. The minimum Gasteiger partial charge on any atom is -0.477 e. The molecule has 0 fully saturated rings. The highest BCUT2D eigenvalue weighted by molar-refractivity contribution is 5.93. The molecule has 16 heavy (non-hydrogen) atoms. The first-order valence-electron chi connectivity index (χ1n) is 4.70. The fraction of sp³-hybridized carbons (Fsp3) is 0.300. The second kappa shape index (κ2) is 5.82. The van der Waals surface area contributed by atoms with Crippen molar-refractivity contribution in [1.82, 2.24) is 4.98 Å². The molecule has 0 aliphatic heterocycles. The number of nitrogens with one attached hydrogen (secondary N) is 1. The second-order valence-electron chi connectivity index (χ2n) is 2.92. The van der Waals surface area contributed by atoms with E-state index in [1.165, 1.54) is 18.3 Å². The number of carboxylic acids is 1. The van der Waals surface area contributed by atoms with Crippen molar-refractivity contribution in [3.8, 4) is 0 Å². The fourth-order valence-electron chi connectivity index (χ4n) is 1.02. The van der Waals surface area contributed by atoms with Gasteiger partial charge in [0.05, 0.1) is 0 Å². The number of amides is 1. The van der Waals surface area contributed by atoms with Crippen LogP contribution >= 0.6 is 0 Å². The van der Waals surface area contributed by atoms with Crippen molar-refractivity contribution in [3.05, 3.63) is 24.0 Å². The summed E-state index contributed by atoms with van der Waals surface area (Å²) in [6.07, 6.45) is 1.32. The molecule has 0 spiro atoms. The maximum Gasteiger partial charge on any atom is 0.354 e. The molecule has 0 saturated heterocycles. The molecular formula is C10H12N2O4. The van der Waals surface area contributed by atoms with Crippen molar-refractivity contribution in [2.45, 2.75) is 6.92 Å². The Kier molecular flexibility index (Phi) is 4.41. The molecule has 0 unspecified atom stereocenters. The van der Waals surface area contributed by atoms with Crippen LogP contribution in [0.15, 0.2) is 18.3 Å². The van der Waals surface area contributed by atoms with Gasteiger partial charge in [-0.25, -0.2) is 9.78 Å². The van der Waals surface area contributed by atoms with E-state index >= 15 is 0 Å². The number of rotatable bonds is 5. The Bertz CT molecular complexity index is 392. The lowest BCUT2D eigenvalue weighted by atomic mass is 10.3. The van der Waals surface area contributed by atoms with E-state index in [0.717, 1.165) is 0 Å². The van der Waals surface area contributed by atoms with Crippen LogP contribution in [-0.2, 0) is 9.53 Å². The van der Waals surface area contributed by atoms with Gasteiger partial charge in [0, 0.05) is 18.5 Å². The first-order chi connectivity index (χ1) is 7.63. The van der Waals surface area contributed by atoms with Crippen LogP contribution in [0.25, 0.3) is 0 Å². The van der Waals surface area contributed by atoms with Gasteiger partial charge in [0.25, 0.3) is 0 Å². The van der Waals surface area contributed by atoms with E-state index in [9.17, 15) is 9.59 Å². The van der Waals surface area contributed by atoms with Gasteiger partial charge < -0.3 is 15.2 Å². The van der Waals surface area contributed by atoms with Gasteiger partial charge in [-0.05, 0) is 19.1 Å². The smallest absolute Gasteiger partial charge is 0.354 e. The normalized spacial score (nSPS) is 9.81. The van der Waals surface area contributed by atoms with Crippen LogP contribution < -0.4 is 5.32 Å². The first kappa shape index (κ1) is 12.1. The average molecular weight is 224 g/mol. The highest BCUT2D eigenvalue weighted by Gasteiger charge is 2.07. The Morgan fingerprint density at radius 2 is 2.31 bits per heavy atom. The van der Waals surface area contributed by atoms with E-state index in [0.29, 0.717) is 12.3 Å². The summed E-state index contributed by atoms with van der Waals surface area (Å²) in [5, 5.41) is 11.2. The van der Waals surface area contributed by atoms with E-state index in [4.69, 9.17) is 9.84 Å². The number of aromatic carboxylic acids is 1. The summed E-state index contributed by atoms with van der Waals surface area (Å²) in [7, 11) is 0.